The Morgan fingerprint density at radius 2 is 2.08 bits per heavy atom. The van der Waals surface area contributed by atoms with Crippen molar-refractivity contribution in [1.29, 1.82) is 0 Å². The highest BCUT2D eigenvalue weighted by atomic mass is 35.5. The number of amides is 1. The van der Waals surface area contributed by atoms with Crippen LogP contribution >= 0.6 is 23.4 Å². The van der Waals surface area contributed by atoms with Gasteiger partial charge >= 0.3 is 0 Å². The highest BCUT2D eigenvalue weighted by Crippen LogP contribution is 2.30. The summed E-state index contributed by atoms with van der Waals surface area (Å²) in [5.74, 6) is -0.578. The van der Waals surface area contributed by atoms with Crippen molar-refractivity contribution in [2.75, 3.05) is 11.1 Å². The van der Waals surface area contributed by atoms with Crippen molar-refractivity contribution in [1.82, 2.24) is 15.0 Å². The number of aromatic amines is 1. The van der Waals surface area contributed by atoms with Crippen molar-refractivity contribution >= 4 is 56.9 Å². The fraction of sp³-hybridized carbons (Fsp3) is 0.0556. The van der Waals surface area contributed by atoms with Crippen molar-refractivity contribution in [3.8, 4) is 0 Å². The molecule has 0 fully saturated rings. The monoisotopic (exact) mass is 386 g/mol. The summed E-state index contributed by atoms with van der Waals surface area (Å²) in [7, 11) is 0. The van der Waals surface area contributed by atoms with Gasteiger partial charge in [-0.3, -0.25) is 4.79 Å². The minimum Gasteiger partial charge on any atom is -0.351 e. The van der Waals surface area contributed by atoms with E-state index in [2.05, 4.69) is 20.3 Å². The molecule has 0 saturated carbocycles. The van der Waals surface area contributed by atoms with Crippen LogP contribution in [0.5, 0.6) is 0 Å². The zero-order chi connectivity index (χ0) is 18.1. The van der Waals surface area contributed by atoms with Crippen molar-refractivity contribution in [3.05, 3.63) is 59.6 Å². The Morgan fingerprint density at radius 1 is 1.23 bits per heavy atom. The van der Waals surface area contributed by atoms with E-state index in [9.17, 15) is 9.18 Å². The van der Waals surface area contributed by atoms with E-state index in [4.69, 9.17) is 11.6 Å². The van der Waals surface area contributed by atoms with Gasteiger partial charge in [-0.1, -0.05) is 41.6 Å². The third-order valence-corrected chi connectivity index (χ3v) is 5.10. The molecule has 8 heteroatoms. The van der Waals surface area contributed by atoms with Crippen molar-refractivity contribution < 1.29 is 9.18 Å². The summed E-state index contributed by atoms with van der Waals surface area (Å²) >= 11 is 7.22. The maximum Gasteiger partial charge on any atom is 0.234 e. The SMILES string of the molecule is O=C(CSc1ncnc2c1[nH]c1ccccc12)Nc1ccc(F)cc1Cl. The van der Waals surface area contributed by atoms with E-state index in [0.29, 0.717) is 10.7 Å². The van der Waals surface area contributed by atoms with Gasteiger partial charge in [0, 0.05) is 10.9 Å². The number of anilines is 1. The van der Waals surface area contributed by atoms with E-state index in [1.807, 2.05) is 24.3 Å². The lowest BCUT2D eigenvalue weighted by molar-refractivity contribution is -0.113. The predicted octanol–water partition coefficient (Wildman–Crippen LogP) is 4.63. The van der Waals surface area contributed by atoms with Crippen LogP contribution < -0.4 is 5.32 Å². The van der Waals surface area contributed by atoms with Gasteiger partial charge in [0.05, 0.1) is 22.0 Å². The summed E-state index contributed by atoms with van der Waals surface area (Å²) in [6, 6.07) is 11.7. The normalized spacial score (nSPS) is 11.2. The van der Waals surface area contributed by atoms with Crippen LogP contribution in [0.2, 0.25) is 5.02 Å². The number of thioether (sulfide) groups is 1. The summed E-state index contributed by atoms with van der Waals surface area (Å²) in [4.78, 5) is 24.1. The lowest BCUT2D eigenvalue weighted by atomic mass is 10.2. The highest BCUT2D eigenvalue weighted by Gasteiger charge is 2.13. The third-order valence-electron chi connectivity index (χ3n) is 3.80. The largest absolute Gasteiger partial charge is 0.351 e. The predicted molar refractivity (Wildman–Crippen MR) is 102 cm³/mol. The first-order chi connectivity index (χ1) is 12.6. The average molecular weight is 387 g/mol. The second kappa shape index (κ2) is 6.93. The van der Waals surface area contributed by atoms with Crippen LogP contribution in [0.4, 0.5) is 10.1 Å². The molecule has 1 amide bonds. The minimum absolute atomic E-state index is 0.134. The van der Waals surface area contributed by atoms with Crippen LogP contribution in [0.1, 0.15) is 0 Å². The second-order valence-electron chi connectivity index (χ2n) is 5.53. The molecule has 2 N–H and O–H groups in total. The van der Waals surface area contributed by atoms with Gasteiger partial charge < -0.3 is 10.3 Å². The number of aromatic nitrogens is 3. The van der Waals surface area contributed by atoms with E-state index >= 15 is 0 Å². The van der Waals surface area contributed by atoms with E-state index in [1.165, 1.54) is 30.2 Å². The van der Waals surface area contributed by atoms with E-state index in [-0.39, 0.29) is 16.7 Å². The van der Waals surface area contributed by atoms with Crippen molar-refractivity contribution in [3.63, 3.8) is 0 Å². The fourth-order valence-electron chi connectivity index (χ4n) is 2.64. The lowest BCUT2D eigenvalue weighted by Crippen LogP contribution is -2.14. The van der Waals surface area contributed by atoms with Crippen LogP contribution in [0.3, 0.4) is 0 Å². The minimum atomic E-state index is -0.454. The van der Waals surface area contributed by atoms with Gasteiger partial charge in [-0.05, 0) is 24.3 Å². The number of H-pyrrole nitrogens is 1. The number of rotatable bonds is 4. The molecule has 0 aliphatic heterocycles. The van der Waals surface area contributed by atoms with Crippen LogP contribution in [-0.4, -0.2) is 26.6 Å². The molecule has 5 nitrogen and oxygen atoms in total. The molecule has 2 heterocycles. The van der Waals surface area contributed by atoms with Crippen LogP contribution in [0.15, 0.2) is 53.8 Å². The van der Waals surface area contributed by atoms with Gasteiger partial charge in [0.25, 0.3) is 0 Å². The molecule has 0 aliphatic rings. The zero-order valence-corrected chi connectivity index (χ0v) is 14.9. The van der Waals surface area contributed by atoms with Crippen molar-refractivity contribution in [2.24, 2.45) is 0 Å². The van der Waals surface area contributed by atoms with Gasteiger partial charge in [0.1, 0.15) is 22.7 Å². The quantitative estimate of drug-likeness (QED) is 0.396. The van der Waals surface area contributed by atoms with Gasteiger partial charge in [-0.2, -0.15) is 0 Å². The molecule has 0 atom stereocenters. The van der Waals surface area contributed by atoms with E-state index in [1.54, 1.807) is 0 Å². The number of carbonyl (C=O) groups is 1. The molecule has 0 radical (unpaired) electrons. The molecular formula is C18H12ClFN4OS. The molecule has 0 saturated heterocycles. The highest BCUT2D eigenvalue weighted by molar-refractivity contribution is 8.00. The summed E-state index contributed by atoms with van der Waals surface area (Å²) < 4.78 is 13.1. The number of hydrogen-bond acceptors (Lipinski definition) is 4. The summed E-state index contributed by atoms with van der Waals surface area (Å²) in [5, 5.41) is 4.52. The molecule has 0 unspecified atom stereocenters. The summed E-state index contributed by atoms with van der Waals surface area (Å²) in [5.41, 5.74) is 2.95. The Morgan fingerprint density at radius 3 is 2.92 bits per heavy atom. The third kappa shape index (κ3) is 3.23. The zero-order valence-electron chi connectivity index (χ0n) is 13.3. The first-order valence-corrected chi connectivity index (χ1v) is 9.07. The number of nitrogens with zero attached hydrogens (tertiary/aromatic N) is 2. The Labute approximate surface area is 157 Å². The Kier molecular flexibility index (Phi) is 4.48. The van der Waals surface area contributed by atoms with Gasteiger partial charge in [-0.15, -0.1) is 0 Å². The maximum absolute atomic E-state index is 13.1. The lowest BCUT2D eigenvalue weighted by Gasteiger charge is -2.07. The molecule has 2 aromatic heterocycles. The first-order valence-electron chi connectivity index (χ1n) is 7.71. The van der Waals surface area contributed by atoms with Crippen LogP contribution in [0.25, 0.3) is 21.9 Å². The Bertz CT molecular complexity index is 1130. The molecule has 0 aliphatic carbocycles. The maximum atomic E-state index is 13.1. The van der Waals surface area contributed by atoms with Gasteiger partial charge in [0.15, 0.2) is 0 Å². The van der Waals surface area contributed by atoms with Crippen LogP contribution in [-0.2, 0) is 4.79 Å². The van der Waals surface area contributed by atoms with E-state index < -0.39 is 5.82 Å². The number of para-hydroxylation sites is 1. The smallest absolute Gasteiger partial charge is 0.234 e. The molecule has 0 bridgehead atoms. The number of nitrogens with one attached hydrogen (secondary N) is 2. The molecule has 26 heavy (non-hydrogen) atoms. The van der Waals surface area contributed by atoms with Gasteiger partial charge in [0.2, 0.25) is 5.91 Å². The number of fused-ring (bicyclic) bond motifs is 3. The topological polar surface area (TPSA) is 70.7 Å². The van der Waals surface area contributed by atoms with Crippen LogP contribution in [0, 0.1) is 5.82 Å². The first kappa shape index (κ1) is 16.8. The second-order valence-corrected chi connectivity index (χ2v) is 6.91. The molecule has 4 aromatic rings. The van der Waals surface area contributed by atoms with E-state index in [0.717, 1.165) is 28.0 Å². The molecular weight excluding hydrogens is 375 g/mol. The van der Waals surface area contributed by atoms with Gasteiger partial charge in [-0.25, -0.2) is 14.4 Å². The Hall–Kier alpha value is -2.64. The molecule has 2 aromatic carbocycles. The number of benzene rings is 2. The number of halogens is 2. The average Bonchev–Trinajstić information content (AvgIpc) is 3.02. The molecule has 0 spiro atoms. The number of hydrogen-bond donors (Lipinski definition) is 2. The standard InChI is InChI=1S/C18H12ClFN4OS/c19-12-7-10(20)5-6-14(12)23-15(25)8-26-18-17-16(21-9-22-18)11-3-1-2-4-13(11)24-17/h1-7,9,24H,8H2,(H,23,25). The Balaban J connectivity index is 1.53. The summed E-state index contributed by atoms with van der Waals surface area (Å²) in [6.07, 6.45) is 1.49. The molecule has 4 rings (SSSR count). The summed E-state index contributed by atoms with van der Waals surface area (Å²) in [6.45, 7) is 0. The van der Waals surface area contributed by atoms with Crippen molar-refractivity contribution in [2.45, 2.75) is 5.03 Å². The fourth-order valence-corrected chi connectivity index (χ4v) is 3.61. The molecule has 130 valence electrons. The number of carbonyl (C=O) groups excluding carboxylic acids is 1.